The first kappa shape index (κ1) is 25.2. The maximum atomic E-state index is 13.3. The van der Waals surface area contributed by atoms with Crippen molar-refractivity contribution in [2.75, 3.05) is 25.5 Å². The number of hydrogen-bond donors (Lipinski definition) is 3. The summed E-state index contributed by atoms with van der Waals surface area (Å²) in [6.45, 7) is 2.05. The molecule has 1 unspecified atom stereocenters. The summed E-state index contributed by atoms with van der Waals surface area (Å²) >= 11 is 1.81. The number of nitrogens with two attached hydrogens (primary N) is 1. The van der Waals surface area contributed by atoms with Gasteiger partial charge in [0, 0.05) is 55.5 Å². The Morgan fingerprint density at radius 2 is 1.72 bits per heavy atom. The van der Waals surface area contributed by atoms with Gasteiger partial charge in [0.25, 0.3) is 11.8 Å². The number of hydrogen-bond acceptors (Lipinski definition) is 9. The summed E-state index contributed by atoms with van der Waals surface area (Å²) in [5, 5.41) is 5.76. The zero-order valence-corrected chi connectivity index (χ0v) is 21.4. The van der Waals surface area contributed by atoms with Crippen molar-refractivity contribution in [3.8, 4) is 0 Å². The minimum atomic E-state index is -0.956. The van der Waals surface area contributed by atoms with Gasteiger partial charge in [-0.3, -0.25) is 29.4 Å². The van der Waals surface area contributed by atoms with E-state index in [0.717, 1.165) is 56.5 Å². The molecule has 10 nitrogen and oxygen atoms in total. The largest absolute Gasteiger partial charge is 0.382 e. The first-order valence-electron chi connectivity index (χ1n) is 12.8. The standard InChI is InChI=1S/C25H34N6O4S/c1-29(36-30-13-11-15(26)12-14-30)17-7-5-16(6-8-17)27-19-4-2-3-18-22(19)25(35)31(24(18)34)20-9-10-21(32)28-23(20)33/h2-4,15-17,20,27H,5-14,26H2,1H3,(H,28,32,33). The summed E-state index contributed by atoms with van der Waals surface area (Å²) in [5.74, 6) is -1.93. The highest BCUT2D eigenvalue weighted by atomic mass is 32.2. The number of piperidine rings is 2. The third-order valence-corrected chi connectivity index (χ3v) is 8.93. The minimum absolute atomic E-state index is 0.107. The van der Waals surface area contributed by atoms with Crippen LogP contribution in [0.15, 0.2) is 18.2 Å². The lowest BCUT2D eigenvalue weighted by Crippen LogP contribution is -2.54. The van der Waals surface area contributed by atoms with Crippen molar-refractivity contribution < 1.29 is 19.2 Å². The number of anilines is 1. The smallest absolute Gasteiger partial charge is 0.264 e. The summed E-state index contributed by atoms with van der Waals surface area (Å²) in [6.07, 6.45) is 6.35. The molecule has 5 rings (SSSR count). The van der Waals surface area contributed by atoms with E-state index in [1.165, 1.54) is 0 Å². The van der Waals surface area contributed by atoms with Gasteiger partial charge in [-0.15, -0.1) is 0 Å². The van der Waals surface area contributed by atoms with E-state index in [0.29, 0.717) is 28.9 Å². The van der Waals surface area contributed by atoms with Gasteiger partial charge in [-0.2, -0.15) is 0 Å². The molecule has 1 saturated carbocycles. The van der Waals surface area contributed by atoms with Crippen molar-refractivity contribution in [2.24, 2.45) is 5.73 Å². The Balaban J connectivity index is 1.20. The number of imide groups is 2. The molecule has 4 N–H and O–H groups in total. The van der Waals surface area contributed by atoms with Gasteiger partial charge in [0.05, 0.1) is 11.1 Å². The van der Waals surface area contributed by atoms with Crippen molar-refractivity contribution in [2.45, 2.75) is 75.5 Å². The molecule has 3 aliphatic heterocycles. The van der Waals surface area contributed by atoms with Gasteiger partial charge in [-0.25, -0.2) is 8.61 Å². The van der Waals surface area contributed by atoms with Crippen LogP contribution >= 0.6 is 12.1 Å². The molecule has 0 bridgehead atoms. The second-order valence-corrected chi connectivity index (χ2v) is 11.5. The Labute approximate surface area is 215 Å². The zero-order chi connectivity index (χ0) is 25.4. The lowest BCUT2D eigenvalue weighted by Gasteiger charge is -2.38. The molecule has 0 aromatic heterocycles. The number of rotatable bonds is 6. The van der Waals surface area contributed by atoms with Gasteiger partial charge >= 0.3 is 0 Å². The van der Waals surface area contributed by atoms with Gasteiger partial charge in [-0.05, 0) is 64.1 Å². The summed E-state index contributed by atoms with van der Waals surface area (Å²) in [5.41, 5.74) is 7.29. The Bertz CT molecular complexity index is 1050. The summed E-state index contributed by atoms with van der Waals surface area (Å²) in [6, 6.07) is 5.27. The Kier molecular flexibility index (Phi) is 7.34. The fourth-order valence-electron chi connectivity index (χ4n) is 5.65. The SMILES string of the molecule is CN(SN1CCC(N)CC1)C1CCC(Nc2cccc3c2C(=O)N(C2CCC(=O)NC2=O)C3=O)CC1. The Morgan fingerprint density at radius 3 is 2.42 bits per heavy atom. The summed E-state index contributed by atoms with van der Waals surface area (Å²) in [7, 11) is 2.16. The van der Waals surface area contributed by atoms with Crippen LogP contribution in [-0.4, -0.2) is 81.4 Å². The van der Waals surface area contributed by atoms with Crippen LogP contribution in [0.25, 0.3) is 0 Å². The predicted octanol–water partition coefficient (Wildman–Crippen LogP) is 1.73. The molecule has 1 atom stereocenters. The average Bonchev–Trinajstić information content (AvgIpc) is 3.12. The molecule has 36 heavy (non-hydrogen) atoms. The fourth-order valence-corrected chi connectivity index (χ4v) is 6.73. The van der Waals surface area contributed by atoms with Gasteiger partial charge in [0.15, 0.2) is 0 Å². The highest BCUT2D eigenvalue weighted by molar-refractivity contribution is 7.94. The topological polar surface area (TPSA) is 128 Å². The van der Waals surface area contributed by atoms with E-state index >= 15 is 0 Å². The molecule has 11 heteroatoms. The van der Waals surface area contributed by atoms with Crippen molar-refractivity contribution >= 4 is 41.5 Å². The number of amides is 4. The van der Waals surface area contributed by atoms with E-state index < -0.39 is 23.8 Å². The van der Waals surface area contributed by atoms with Crippen LogP contribution in [0.2, 0.25) is 0 Å². The van der Waals surface area contributed by atoms with E-state index in [2.05, 4.69) is 26.3 Å². The van der Waals surface area contributed by atoms with Crippen LogP contribution < -0.4 is 16.4 Å². The van der Waals surface area contributed by atoms with Crippen molar-refractivity contribution in [3.63, 3.8) is 0 Å². The first-order valence-corrected chi connectivity index (χ1v) is 13.6. The van der Waals surface area contributed by atoms with Gasteiger partial charge in [0.2, 0.25) is 11.8 Å². The molecule has 1 aromatic carbocycles. The number of fused-ring (bicyclic) bond motifs is 1. The van der Waals surface area contributed by atoms with Crippen LogP contribution in [0.4, 0.5) is 5.69 Å². The van der Waals surface area contributed by atoms with Gasteiger partial charge in [-0.1, -0.05) is 6.07 Å². The molecule has 0 radical (unpaired) electrons. The van der Waals surface area contributed by atoms with Crippen LogP contribution in [-0.2, 0) is 9.59 Å². The molecular weight excluding hydrogens is 480 g/mol. The Hall–Kier alpha value is -2.47. The molecule has 0 spiro atoms. The molecule has 4 aliphatic rings. The number of nitrogens with zero attached hydrogens (tertiary/aromatic N) is 3. The molecule has 194 valence electrons. The molecular formula is C25H34N6O4S. The van der Waals surface area contributed by atoms with E-state index in [4.69, 9.17) is 5.73 Å². The number of carbonyl (C=O) groups excluding carboxylic acids is 4. The maximum Gasteiger partial charge on any atom is 0.264 e. The van der Waals surface area contributed by atoms with Gasteiger partial charge < -0.3 is 11.1 Å². The third kappa shape index (κ3) is 5.02. The van der Waals surface area contributed by atoms with Crippen molar-refractivity contribution in [3.05, 3.63) is 29.3 Å². The van der Waals surface area contributed by atoms with Crippen LogP contribution in [0.3, 0.4) is 0 Å². The maximum absolute atomic E-state index is 13.3. The minimum Gasteiger partial charge on any atom is -0.382 e. The third-order valence-electron chi connectivity index (χ3n) is 7.78. The first-order chi connectivity index (χ1) is 17.3. The van der Waals surface area contributed by atoms with Crippen molar-refractivity contribution in [1.82, 2.24) is 18.8 Å². The second kappa shape index (κ2) is 10.5. The highest BCUT2D eigenvalue weighted by Crippen LogP contribution is 2.35. The zero-order valence-electron chi connectivity index (χ0n) is 20.6. The van der Waals surface area contributed by atoms with E-state index in [-0.39, 0.29) is 24.8 Å². The van der Waals surface area contributed by atoms with Gasteiger partial charge in [0.1, 0.15) is 6.04 Å². The lowest BCUT2D eigenvalue weighted by molar-refractivity contribution is -0.136. The quantitative estimate of drug-likeness (QED) is 0.384. The Morgan fingerprint density at radius 1 is 1.00 bits per heavy atom. The summed E-state index contributed by atoms with van der Waals surface area (Å²) in [4.78, 5) is 51.3. The predicted molar refractivity (Wildman–Crippen MR) is 137 cm³/mol. The molecule has 4 amide bonds. The highest BCUT2D eigenvalue weighted by Gasteiger charge is 2.45. The lowest BCUT2D eigenvalue weighted by atomic mass is 9.91. The molecule has 3 heterocycles. The molecule has 3 fully saturated rings. The van der Waals surface area contributed by atoms with Crippen LogP contribution in [0, 0.1) is 0 Å². The van der Waals surface area contributed by atoms with E-state index in [1.54, 1.807) is 12.1 Å². The summed E-state index contributed by atoms with van der Waals surface area (Å²) < 4.78 is 4.77. The number of benzene rings is 1. The number of carbonyl (C=O) groups is 4. The molecule has 2 saturated heterocycles. The molecule has 1 aliphatic carbocycles. The second-order valence-electron chi connectivity index (χ2n) is 10.2. The normalized spacial score (nSPS) is 28.0. The van der Waals surface area contributed by atoms with E-state index in [9.17, 15) is 19.2 Å². The fraction of sp³-hybridized carbons (Fsp3) is 0.600. The van der Waals surface area contributed by atoms with Crippen LogP contribution in [0.1, 0.15) is 72.1 Å². The molecule has 1 aromatic rings. The average molecular weight is 515 g/mol. The van der Waals surface area contributed by atoms with Crippen molar-refractivity contribution in [1.29, 1.82) is 0 Å². The van der Waals surface area contributed by atoms with E-state index in [1.807, 2.05) is 18.2 Å². The van der Waals surface area contributed by atoms with Crippen LogP contribution in [0.5, 0.6) is 0 Å². The number of nitrogens with one attached hydrogen (secondary N) is 2. The monoisotopic (exact) mass is 514 g/mol.